The highest BCUT2D eigenvalue weighted by Gasteiger charge is 2.43. The minimum absolute atomic E-state index is 0.0220. The first kappa shape index (κ1) is 19.7. The number of ether oxygens (including phenoxy) is 1. The molecule has 142 valence electrons. The summed E-state index contributed by atoms with van der Waals surface area (Å²) in [6, 6.07) is 2.85. The molecule has 9 heteroatoms. The van der Waals surface area contributed by atoms with Gasteiger partial charge in [-0.3, -0.25) is 4.79 Å². The van der Waals surface area contributed by atoms with Crippen LogP contribution in [0.2, 0.25) is 0 Å². The van der Waals surface area contributed by atoms with Crippen molar-refractivity contribution in [1.82, 2.24) is 4.90 Å². The normalized spacial score (nSPS) is 16.5. The van der Waals surface area contributed by atoms with Crippen molar-refractivity contribution >= 4 is 18.2 Å². The third kappa shape index (κ3) is 4.96. The number of nitrogens with zero attached hydrogens (tertiary/aromatic N) is 1. The molecule has 0 bridgehead atoms. The zero-order chi connectivity index (χ0) is 19.5. The molecule has 0 radical (unpaired) electrons. The Morgan fingerprint density at radius 3 is 2.31 bits per heavy atom. The van der Waals surface area contributed by atoms with E-state index in [1.54, 1.807) is 6.92 Å². The SMILES string of the molecule is CC(CC=O)C(C(=O)O)N(C(=O)c1ccc(OC(F)(F)F)cc1)C1CC1. The van der Waals surface area contributed by atoms with Crippen LogP contribution in [-0.2, 0) is 9.59 Å². The molecule has 0 saturated heterocycles. The molecule has 1 saturated carbocycles. The molecule has 6 nitrogen and oxygen atoms in total. The fourth-order valence-corrected chi connectivity index (χ4v) is 2.74. The average molecular weight is 373 g/mol. The first-order valence-electron chi connectivity index (χ1n) is 7.99. The molecule has 1 N–H and O–H groups in total. The van der Waals surface area contributed by atoms with Gasteiger partial charge in [0.05, 0.1) is 0 Å². The number of carbonyl (C=O) groups excluding carboxylic acids is 2. The zero-order valence-corrected chi connectivity index (χ0v) is 13.9. The molecule has 1 aromatic rings. The quantitative estimate of drug-likeness (QED) is 0.709. The van der Waals surface area contributed by atoms with Gasteiger partial charge in [0.25, 0.3) is 5.91 Å². The van der Waals surface area contributed by atoms with Crippen LogP contribution in [0.15, 0.2) is 24.3 Å². The van der Waals surface area contributed by atoms with Gasteiger partial charge in [0.1, 0.15) is 18.1 Å². The number of rotatable bonds is 8. The summed E-state index contributed by atoms with van der Waals surface area (Å²) < 4.78 is 40.4. The minimum Gasteiger partial charge on any atom is -0.480 e. The van der Waals surface area contributed by atoms with Gasteiger partial charge in [-0.1, -0.05) is 6.92 Å². The smallest absolute Gasteiger partial charge is 0.480 e. The van der Waals surface area contributed by atoms with E-state index < -0.39 is 35.9 Å². The van der Waals surface area contributed by atoms with Crippen LogP contribution in [0.3, 0.4) is 0 Å². The van der Waals surface area contributed by atoms with Crippen molar-refractivity contribution in [2.24, 2.45) is 5.92 Å². The molecule has 0 aliphatic heterocycles. The molecular weight excluding hydrogens is 355 g/mol. The molecule has 2 unspecified atom stereocenters. The van der Waals surface area contributed by atoms with Gasteiger partial charge in [0.15, 0.2) is 0 Å². The summed E-state index contributed by atoms with van der Waals surface area (Å²) in [5, 5.41) is 9.53. The molecule has 0 aromatic heterocycles. The van der Waals surface area contributed by atoms with Crippen LogP contribution >= 0.6 is 0 Å². The van der Waals surface area contributed by atoms with Gasteiger partial charge in [0.2, 0.25) is 0 Å². The Labute approximate surface area is 147 Å². The van der Waals surface area contributed by atoms with Crippen LogP contribution in [0, 0.1) is 5.92 Å². The number of carboxylic acid groups (broad SMARTS) is 1. The molecule has 26 heavy (non-hydrogen) atoms. The number of hydrogen-bond donors (Lipinski definition) is 1. The molecule has 1 amide bonds. The van der Waals surface area contributed by atoms with Crippen molar-refractivity contribution in [3.8, 4) is 5.75 Å². The maximum Gasteiger partial charge on any atom is 0.573 e. The molecular formula is C17H18F3NO5. The molecule has 1 aromatic carbocycles. The number of carbonyl (C=O) groups is 3. The number of aliphatic carboxylic acids is 1. The van der Waals surface area contributed by atoms with Crippen molar-refractivity contribution in [3.05, 3.63) is 29.8 Å². The van der Waals surface area contributed by atoms with Crippen molar-refractivity contribution in [1.29, 1.82) is 0 Å². The first-order chi connectivity index (χ1) is 12.1. The van der Waals surface area contributed by atoms with Crippen LogP contribution in [0.1, 0.15) is 36.5 Å². The predicted molar refractivity (Wildman–Crippen MR) is 83.6 cm³/mol. The topological polar surface area (TPSA) is 83.9 Å². The molecule has 2 atom stereocenters. The summed E-state index contributed by atoms with van der Waals surface area (Å²) in [5.74, 6) is -2.90. The van der Waals surface area contributed by atoms with Gasteiger partial charge < -0.3 is 19.5 Å². The molecule has 0 heterocycles. The lowest BCUT2D eigenvalue weighted by atomic mass is 9.96. The Balaban J connectivity index is 2.25. The van der Waals surface area contributed by atoms with Gasteiger partial charge in [-0.15, -0.1) is 13.2 Å². The third-order valence-electron chi connectivity index (χ3n) is 4.07. The van der Waals surface area contributed by atoms with Crippen LogP contribution in [0.4, 0.5) is 13.2 Å². The minimum atomic E-state index is -4.84. The lowest BCUT2D eigenvalue weighted by molar-refractivity contribution is -0.274. The van der Waals surface area contributed by atoms with E-state index in [1.807, 2.05) is 0 Å². The van der Waals surface area contributed by atoms with E-state index in [0.29, 0.717) is 19.1 Å². The number of hydrogen-bond acceptors (Lipinski definition) is 4. The summed E-state index contributed by atoms with van der Waals surface area (Å²) >= 11 is 0. The fourth-order valence-electron chi connectivity index (χ4n) is 2.74. The number of amides is 1. The Bertz CT molecular complexity index is 670. The Kier molecular flexibility index (Phi) is 5.89. The van der Waals surface area contributed by atoms with Crippen molar-refractivity contribution in [2.45, 2.75) is 44.6 Å². The van der Waals surface area contributed by atoms with Crippen LogP contribution < -0.4 is 4.74 Å². The second-order valence-electron chi connectivity index (χ2n) is 6.18. The maximum absolute atomic E-state index is 12.8. The van der Waals surface area contributed by atoms with E-state index in [9.17, 15) is 32.7 Å². The number of benzene rings is 1. The van der Waals surface area contributed by atoms with Gasteiger partial charge in [-0.05, 0) is 43.0 Å². The lowest BCUT2D eigenvalue weighted by Crippen LogP contribution is -2.50. The van der Waals surface area contributed by atoms with E-state index in [1.165, 1.54) is 4.90 Å². The van der Waals surface area contributed by atoms with Crippen molar-refractivity contribution < 1.29 is 37.4 Å². The number of halogens is 3. The maximum atomic E-state index is 12.8. The first-order valence-corrected chi connectivity index (χ1v) is 7.99. The van der Waals surface area contributed by atoms with E-state index >= 15 is 0 Å². The van der Waals surface area contributed by atoms with E-state index in [-0.39, 0.29) is 18.0 Å². The van der Waals surface area contributed by atoms with E-state index in [4.69, 9.17) is 0 Å². The highest BCUT2D eigenvalue weighted by Crippen LogP contribution is 2.33. The second-order valence-corrected chi connectivity index (χ2v) is 6.18. The van der Waals surface area contributed by atoms with Crippen LogP contribution in [0.5, 0.6) is 5.75 Å². The summed E-state index contributed by atoms with van der Waals surface area (Å²) in [5.41, 5.74) is 0.0518. The zero-order valence-electron chi connectivity index (χ0n) is 13.9. The second kappa shape index (κ2) is 7.76. The average Bonchev–Trinajstić information content (AvgIpc) is 3.35. The fraction of sp³-hybridized carbons (Fsp3) is 0.471. The van der Waals surface area contributed by atoms with Gasteiger partial charge in [-0.25, -0.2) is 4.79 Å². The molecule has 1 aliphatic carbocycles. The molecule has 0 spiro atoms. The van der Waals surface area contributed by atoms with Gasteiger partial charge in [0, 0.05) is 18.0 Å². The number of carboxylic acids is 1. The largest absolute Gasteiger partial charge is 0.573 e. The van der Waals surface area contributed by atoms with Gasteiger partial charge >= 0.3 is 12.3 Å². The summed E-state index contributed by atoms with van der Waals surface area (Å²) in [6.07, 6.45) is -2.99. The summed E-state index contributed by atoms with van der Waals surface area (Å²) in [7, 11) is 0. The number of aldehydes is 1. The van der Waals surface area contributed by atoms with Crippen LogP contribution in [0.25, 0.3) is 0 Å². The lowest BCUT2D eigenvalue weighted by Gasteiger charge is -2.32. The standard InChI is InChI=1S/C17H18F3NO5/c1-10(8-9-22)14(16(24)25)21(12-4-5-12)15(23)11-2-6-13(7-3-11)26-17(18,19)20/h2-3,6-7,9-10,12,14H,4-5,8H2,1H3,(H,24,25). The number of alkyl halides is 3. The van der Waals surface area contributed by atoms with Crippen LogP contribution in [-0.4, -0.2) is 46.6 Å². The van der Waals surface area contributed by atoms with Crippen molar-refractivity contribution in [2.75, 3.05) is 0 Å². The van der Waals surface area contributed by atoms with Crippen molar-refractivity contribution in [3.63, 3.8) is 0 Å². The summed E-state index contributed by atoms with van der Waals surface area (Å²) in [4.78, 5) is 36.4. The molecule has 1 fully saturated rings. The highest BCUT2D eigenvalue weighted by molar-refractivity contribution is 5.97. The summed E-state index contributed by atoms with van der Waals surface area (Å²) in [6.45, 7) is 1.57. The molecule has 1 aliphatic rings. The Hall–Kier alpha value is -2.58. The predicted octanol–water partition coefficient (Wildman–Crippen LogP) is 2.87. The van der Waals surface area contributed by atoms with E-state index in [2.05, 4.69) is 4.74 Å². The molecule has 2 rings (SSSR count). The highest BCUT2D eigenvalue weighted by atomic mass is 19.4. The Morgan fingerprint density at radius 2 is 1.88 bits per heavy atom. The monoisotopic (exact) mass is 373 g/mol. The Morgan fingerprint density at radius 1 is 1.31 bits per heavy atom. The third-order valence-corrected chi connectivity index (χ3v) is 4.07. The van der Waals surface area contributed by atoms with E-state index in [0.717, 1.165) is 24.3 Å². The van der Waals surface area contributed by atoms with Gasteiger partial charge in [-0.2, -0.15) is 0 Å².